The standard InChI is InChI=1S/C22H25N3O4S2/c1-29-20(26)15-8-3-2-5-10-17-11-9-14-19(16-17)31(27,28)25-22-23-21(30-24-22)18-12-6-4-7-13-18/h4,6-7,9,11-14,16H,2-3,5,8,10,15H2,1H3,(H,24,25). The van der Waals surface area contributed by atoms with Crippen LogP contribution in [0.25, 0.3) is 10.6 Å². The summed E-state index contributed by atoms with van der Waals surface area (Å²) in [6.07, 6.45) is 4.84. The van der Waals surface area contributed by atoms with Gasteiger partial charge in [-0.05, 0) is 48.5 Å². The summed E-state index contributed by atoms with van der Waals surface area (Å²) >= 11 is 1.15. The number of nitrogens with zero attached hydrogens (tertiary/aromatic N) is 2. The number of sulfonamides is 1. The van der Waals surface area contributed by atoms with Gasteiger partial charge < -0.3 is 4.74 Å². The highest BCUT2D eigenvalue weighted by molar-refractivity contribution is 7.92. The molecule has 3 rings (SSSR count). The van der Waals surface area contributed by atoms with Crippen molar-refractivity contribution in [1.82, 2.24) is 9.36 Å². The first kappa shape index (κ1) is 22.9. The van der Waals surface area contributed by atoms with Crippen LogP contribution >= 0.6 is 11.5 Å². The van der Waals surface area contributed by atoms with Crippen LogP contribution in [0.2, 0.25) is 0 Å². The number of carbonyl (C=O) groups excluding carboxylic acids is 1. The largest absolute Gasteiger partial charge is 0.469 e. The molecule has 9 heteroatoms. The van der Waals surface area contributed by atoms with Gasteiger partial charge in [0, 0.05) is 12.0 Å². The summed E-state index contributed by atoms with van der Waals surface area (Å²) in [6.45, 7) is 0. The lowest BCUT2D eigenvalue weighted by atomic mass is 10.1. The van der Waals surface area contributed by atoms with Gasteiger partial charge in [0.05, 0.1) is 12.0 Å². The molecule has 1 heterocycles. The number of aromatic nitrogens is 2. The minimum Gasteiger partial charge on any atom is -0.469 e. The fourth-order valence-electron chi connectivity index (χ4n) is 3.06. The lowest BCUT2D eigenvalue weighted by Gasteiger charge is -2.07. The maximum atomic E-state index is 12.8. The highest BCUT2D eigenvalue weighted by Gasteiger charge is 2.18. The number of aryl methyl sites for hydroxylation is 1. The van der Waals surface area contributed by atoms with Gasteiger partial charge in [-0.25, -0.2) is 13.1 Å². The smallest absolute Gasteiger partial charge is 0.305 e. The Morgan fingerprint density at radius 3 is 2.58 bits per heavy atom. The molecule has 0 saturated heterocycles. The van der Waals surface area contributed by atoms with Gasteiger partial charge in [0.15, 0.2) is 0 Å². The topological polar surface area (TPSA) is 98.2 Å². The van der Waals surface area contributed by atoms with Gasteiger partial charge in [0.1, 0.15) is 5.01 Å². The maximum absolute atomic E-state index is 12.8. The number of ether oxygens (including phenoxy) is 1. The number of unbranched alkanes of at least 4 members (excludes halogenated alkanes) is 3. The third-order valence-electron chi connectivity index (χ3n) is 4.71. The van der Waals surface area contributed by atoms with E-state index in [0.29, 0.717) is 11.4 Å². The SMILES string of the molecule is COC(=O)CCCCCCc1cccc(S(=O)(=O)Nc2nsc(-c3ccccc3)n2)c1. The summed E-state index contributed by atoms with van der Waals surface area (Å²) in [7, 11) is -2.38. The van der Waals surface area contributed by atoms with E-state index < -0.39 is 10.0 Å². The van der Waals surface area contributed by atoms with Crippen LogP contribution in [0.1, 0.15) is 37.7 Å². The second-order valence-corrected chi connectivity index (χ2v) is 9.47. The van der Waals surface area contributed by atoms with Crippen molar-refractivity contribution in [3.63, 3.8) is 0 Å². The molecule has 0 amide bonds. The molecule has 31 heavy (non-hydrogen) atoms. The molecule has 0 spiro atoms. The normalized spacial score (nSPS) is 11.3. The molecule has 3 aromatic rings. The minimum absolute atomic E-state index is 0.0693. The Balaban J connectivity index is 1.56. The van der Waals surface area contributed by atoms with Crippen molar-refractivity contribution >= 4 is 33.5 Å². The van der Waals surface area contributed by atoms with Crippen molar-refractivity contribution in [2.45, 2.75) is 43.4 Å². The number of hydrogen-bond donors (Lipinski definition) is 1. The molecular weight excluding hydrogens is 434 g/mol. The summed E-state index contributed by atoms with van der Waals surface area (Å²) in [6, 6.07) is 16.4. The maximum Gasteiger partial charge on any atom is 0.305 e. The van der Waals surface area contributed by atoms with Crippen LogP contribution in [0.5, 0.6) is 0 Å². The summed E-state index contributed by atoms with van der Waals surface area (Å²) in [4.78, 5) is 15.6. The molecule has 1 aromatic heterocycles. The molecule has 164 valence electrons. The molecule has 0 fully saturated rings. The average molecular weight is 460 g/mol. The third-order valence-corrected chi connectivity index (χ3v) is 6.80. The molecule has 0 saturated carbocycles. The zero-order valence-corrected chi connectivity index (χ0v) is 18.9. The Kier molecular flexibility index (Phi) is 8.13. The second kappa shape index (κ2) is 11.0. The van der Waals surface area contributed by atoms with Crippen LogP contribution in [0.3, 0.4) is 0 Å². The van der Waals surface area contributed by atoms with Crippen LogP contribution in [0.15, 0.2) is 59.5 Å². The van der Waals surface area contributed by atoms with Crippen molar-refractivity contribution in [2.24, 2.45) is 0 Å². The van der Waals surface area contributed by atoms with E-state index >= 15 is 0 Å². The van der Waals surface area contributed by atoms with Gasteiger partial charge in [-0.1, -0.05) is 55.3 Å². The molecule has 1 N–H and O–H groups in total. The van der Waals surface area contributed by atoms with Crippen LogP contribution in [0, 0.1) is 0 Å². The number of methoxy groups -OCH3 is 1. The Morgan fingerprint density at radius 2 is 1.81 bits per heavy atom. The Morgan fingerprint density at radius 1 is 1.03 bits per heavy atom. The van der Waals surface area contributed by atoms with Gasteiger partial charge in [0.2, 0.25) is 5.95 Å². The van der Waals surface area contributed by atoms with Crippen molar-refractivity contribution in [1.29, 1.82) is 0 Å². The first-order valence-electron chi connectivity index (χ1n) is 10.1. The first-order valence-corrected chi connectivity index (χ1v) is 12.3. The summed E-state index contributed by atoms with van der Waals surface area (Å²) in [5.41, 5.74) is 1.84. The lowest BCUT2D eigenvalue weighted by Crippen LogP contribution is -2.14. The Bertz CT molecular complexity index is 1100. The quantitative estimate of drug-likeness (QED) is 0.330. The van der Waals surface area contributed by atoms with E-state index in [1.165, 1.54) is 7.11 Å². The summed E-state index contributed by atoms with van der Waals surface area (Å²) in [5, 5.41) is 0.652. The minimum atomic E-state index is -3.78. The number of nitrogens with one attached hydrogen (secondary N) is 1. The van der Waals surface area contributed by atoms with E-state index in [0.717, 1.165) is 54.8 Å². The number of esters is 1. The van der Waals surface area contributed by atoms with E-state index in [2.05, 4.69) is 18.8 Å². The Labute approximate surface area is 186 Å². The summed E-state index contributed by atoms with van der Waals surface area (Å²) < 4.78 is 36.8. The van der Waals surface area contributed by atoms with Crippen molar-refractivity contribution in [3.8, 4) is 10.6 Å². The van der Waals surface area contributed by atoms with Crippen molar-refractivity contribution in [2.75, 3.05) is 11.8 Å². The molecule has 0 aliphatic rings. The predicted molar refractivity (Wildman–Crippen MR) is 121 cm³/mol. The molecule has 2 aromatic carbocycles. The average Bonchev–Trinajstić information content (AvgIpc) is 3.24. The van der Waals surface area contributed by atoms with Gasteiger partial charge in [-0.15, -0.1) is 0 Å². The van der Waals surface area contributed by atoms with Crippen LogP contribution < -0.4 is 4.72 Å². The monoisotopic (exact) mass is 459 g/mol. The number of anilines is 1. The molecule has 0 radical (unpaired) electrons. The zero-order chi connectivity index (χ0) is 22.1. The molecule has 7 nitrogen and oxygen atoms in total. The Hall–Kier alpha value is -2.78. The molecule has 0 aliphatic heterocycles. The highest BCUT2D eigenvalue weighted by Crippen LogP contribution is 2.24. The van der Waals surface area contributed by atoms with E-state index in [1.54, 1.807) is 18.2 Å². The highest BCUT2D eigenvalue weighted by atomic mass is 32.2. The molecule has 0 atom stereocenters. The van der Waals surface area contributed by atoms with Gasteiger partial charge in [-0.2, -0.15) is 9.36 Å². The summed E-state index contributed by atoms with van der Waals surface area (Å²) in [5.74, 6) is -0.115. The first-order chi connectivity index (χ1) is 15.0. The molecular formula is C22H25N3O4S2. The number of carbonyl (C=O) groups is 1. The van der Waals surface area contributed by atoms with Crippen molar-refractivity contribution in [3.05, 3.63) is 60.2 Å². The fourth-order valence-corrected chi connectivity index (χ4v) is 4.76. The molecule has 0 bridgehead atoms. The van der Waals surface area contributed by atoms with Gasteiger partial charge >= 0.3 is 5.97 Å². The number of benzene rings is 2. The van der Waals surface area contributed by atoms with Gasteiger partial charge in [0.25, 0.3) is 10.0 Å². The van der Waals surface area contributed by atoms with E-state index in [9.17, 15) is 13.2 Å². The number of hydrogen-bond acceptors (Lipinski definition) is 7. The third kappa shape index (κ3) is 6.86. The fraction of sp³-hybridized carbons (Fsp3) is 0.318. The van der Waals surface area contributed by atoms with Gasteiger partial charge in [-0.3, -0.25) is 4.79 Å². The van der Waals surface area contributed by atoms with Crippen LogP contribution in [-0.4, -0.2) is 30.9 Å². The predicted octanol–water partition coefficient (Wildman–Crippen LogP) is 4.67. The van der Waals surface area contributed by atoms with Crippen molar-refractivity contribution < 1.29 is 17.9 Å². The van der Waals surface area contributed by atoms with E-state index in [4.69, 9.17) is 0 Å². The van der Waals surface area contributed by atoms with Crippen LogP contribution in [-0.2, 0) is 26.0 Å². The molecule has 0 unspecified atom stereocenters. The second-order valence-electron chi connectivity index (χ2n) is 7.03. The lowest BCUT2D eigenvalue weighted by molar-refractivity contribution is -0.140. The van der Waals surface area contributed by atoms with E-state index in [-0.39, 0.29) is 16.8 Å². The molecule has 0 aliphatic carbocycles. The van der Waals surface area contributed by atoms with E-state index in [1.807, 2.05) is 36.4 Å². The number of rotatable bonds is 11. The van der Waals surface area contributed by atoms with Crippen LogP contribution in [0.4, 0.5) is 5.95 Å². The zero-order valence-electron chi connectivity index (χ0n) is 17.3.